The highest BCUT2D eigenvalue weighted by molar-refractivity contribution is 7.91. The molecule has 1 saturated heterocycles. The second kappa shape index (κ2) is 7.85. The molecule has 0 saturated carbocycles. The molecule has 2 rings (SSSR count). The second-order valence-electron chi connectivity index (χ2n) is 5.53. The van der Waals surface area contributed by atoms with Gasteiger partial charge in [0.25, 0.3) is 5.91 Å². The number of aryl methyl sites for hydroxylation is 1. The number of nitrogens with one attached hydrogen (secondary N) is 1. The highest BCUT2D eigenvalue weighted by Gasteiger charge is 2.29. The Labute approximate surface area is 145 Å². The van der Waals surface area contributed by atoms with Crippen molar-refractivity contribution in [3.8, 4) is 5.75 Å². The number of hydrogen-bond donors (Lipinski definition) is 1. The summed E-state index contributed by atoms with van der Waals surface area (Å²) in [5.74, 6) is -0.749. The Morgan fingerprint density at radius 3 is 2.71 bits per heavy atom. The van der Waals surface area contributed by atoms with Gasteiger partial charge in [0.15, 0.2) is 23.1 Å². The fourth-order valence-electron chi connectivity index (χ4n) is 2.28. The van der Waals surface area contributed by atoms with Gasteiger partial charge in [0, 0.05) is 11.1 Å². The molecule has 1 aromatic rings. The van der Waals surface area contributed by atoms with Gasteiger partial charge in [0.1, 0.15) is 5.75 Å². The maximum atomic E-state index is 11.6. The molecule has 1 amide bonds. The van der Waals surface area contributed by atoms with Gasteiger partial charge in [-0.2, -0.15) is 0 Å². The lowest BCUT2D eigenvalue weighted by Crippen LogP contribution is -2.38. The highest BCUT2D eigenvalue weighted by Crippen LogP contribution is 2.21. The Hall–Kier alpha value is -1.80. The van der Waals surface area contributed by atoms with Gasteiger partial charge in [0.2, 0.25) is 0 Å². The molecule has 132 valence electrons. The minimum absolute atomic E-state index is 0.0615. The zero-order chi connectivity index (χ0) is 17.7. The topological polar surface area (TPSA) is 98.8 Å². The molecule has 1 N–H and O–H groups in total. The number of esters is 1. The van der Waals surface area contributed by atoms with E-state index in [9.17, 15) is 18.0 Å². The highest BCUT2D eigenvalue weighted by atomic mass is 35.5. The average molecular weight is 376 g/mol. The molecule has 1 atom stereocenters. The second-order valence-corrected chi connectivity index (χ2v) is 8.19. The summed E-state index contributed by atoms with van der Waals surface area (Å²) < 4.78 is 32.7. The first-order valence-electron chi connectivity index (χ1n) is 7.29. The Kier molecular flexibility index (Phi) is 6.06. The van der Waals surface area contributed by atoms with Crippen molar-refractivity contribution in [2.75, 3.05) is 24.7 Å². The molecule has 0 radical (unpaired) electrons. The minimum atomic E-state index is -3.07. The summed E-state index contributed by atoms with van der Waals surface area (Å²) in [5.41, 5.74) is 0.774. The summed E-state index contributed by atoms with van der Waals surface area (Å²) in [4.78, 5) is 23.2. The van der Waals surface area contributed by atoms with E-state index in [0.717, 1.165) is 5.56 Å². The molecule has 0 aromatic heterocycles. The van der Waals surface area contributed by atoms with Crippen molar-refractivity contribution in [3.05, 3.63) is 28.8 Å². The Morgan fingerprint density at radius 2 is 2.08 bits per heavy atom. The predicted octanol–water partition coefficient (Wildman–Crippen LogP) is 0.874. The van der Waals surface area contributed by atoms with Crippen molar-refractivity contribution in [1.82, 2.24) is 5.32 Å². The van der Waals surface area contributed by atoms with Crippen molar-refractivity contribution in [2.24, 2.45) is 0 Å². The van der Waals surface area contributed by atoms with Crippen molar-refractivity contribution in [1.29, 1.82) is 0 Å². The van der Waals surface area contributed by atoms with Gasteiger partial charge in [-0.15, -0.1) is 0 Å². The Morgan fingerprint density at radius 1 is 1.33 bits per heavy atom. The number of halogens is 1. The lowest BCUT2D eigenvalue weighted by molar-refractivity contribution is -0.150. The van der Waals surface area contributed by atoms with Crippen LogP contribution in [0.5, 0.6) is 5.75 Å². The zero-order valence-electron chi connectivity index (χ0n) is 13.1. The van der Waals surface area contributed by atoms with Crippen molar-refractivity contribution < 1.29 is 27.5 Å². The van der Waals surface area contributed by atoms with Crippen molar-refractivity contribution in [2.45, 2.75) is 19.4 Å². The monoisotopic (exact) mass is 375 g/mol. The molecule has 24 heavy (non-hydrogen) atoms. The molecule has 7 nitrogen and oxygen atoms in total. The average Bonchev–Trinajstić information content (AvgIpc) is 2.83. The SMILES string of the molecule is Cc1cc(Cl)ccc1OCC(=O)OCC(=O)N[C@@H]1CCS(=O)(=O)C1. The molecule has 1 aliphatic heterocycles. The first kappa shape index (κ1) is 18.5. The maximum Gasteiger partial charge on any atom is 0.344 e. The molecule has 1 heterocycles. The Balaban J connectivity index is 1.70. The molecule has 0 aliphatic carbocycles. The molecule has 1 fully saturated rings. The van der Waals surface area contributed by atoms with E-state index in [2.05, 4.69) is 5.32 Å². The number of rotatable bonds is 6. The van der Waals surface area contributed by atoms with Gasteiger partial charge < -0.3 is 14.8 Å². The normalized spacial score (nSPS) is 18.8. The first-order valence-corrected chi connectivity index (χ1v) is 9.49. The van der Waals surface area contributed by atoms with Crippen LogP contribution < -0.4 is 10.1 Å². The predicted molar refractivity (Wildman–Crippen MR) is 87.8 cm³/mol. The van der Waals surface area contributed by atoms with Gasteiger partial charge in [-0.1, -0.05) is 11.6 Å². The summed E-state index contributed by atoms with van der Waals surface area (Å²) in [7, 11) is -3.07. The van der Waals surface area contributed by atoms with Crippen LogP contribution >= 0.6 is 11.6 Å². The van der Waals surface area contributed by atoms with Crippen LogP contribution in [0.4, 0.5) is 0 Å². The van der Waals surface area contributed by atoms with Crippen LogP contribution in [0.2, 0.25) is 5.02 Å². The van der Waals surface area contributed by atoms with Crippen LogP contribution in [0.3, 0.4) is 0 Å². The first-order chi connectivity index (χ1) is 11.2. The van der Waals surface area contributed by atoms with Gasteiger partial charge in [-0.3, -0.25) is 4.79 Å². The number of amides is 1. The van der Waals surface area contributed by atoms with E-state index < -0.39 is 34.4 Å². The van der Waals surface area contributed by atoms with Crippen molar-refractivity contribution in [3.63, 3.8) is 0 Å². The van der Waals surface area contributed by atoms with E-state index in [1.165, 1.54) is 0 Å². The summed E-state index contributed by atoms with van der Waals surface area (Å²) in [5, 5.41) is 3.09. The third-order valence-corrected chi connectivity index (χ3v) is 5.45. The van der Waals surface area contributed by atoms with E-state index in [1.54, 1.807) is 25.1 Å². The molecule has 0 unspecified atom stereocenters. The lowest BCUT2D eigenvalue weighted by Gasteiger charge is -2.12. The fraction of sp³-hybridized carbons (Fsp3) is 0.467. The summed E-state index contributed by atoms with van der Waals surface area (Å²) in [6.07, 6.45) is 0.376. The fourth-order valence-corrected chi connectivity index (χ4v) is 4.18. The van der Waals surface area contributed by atoms with E-state index >= 15 is 0 Å². The number of carbonyl (C=O) groups excluding carboxylic acids is 2. The summed E-state index contributed by atoms with van der Waals surface area (Å²) in [6.45, 7) is 0.974. The standard InChI is InChI=1S/C15H18ClNO6S/c1-10-6-11(16)2-3-13(10)22-8-15(19)23-7-14(18)17-12-4-5-24(20,21)9-12/h2-3,6,12H,4-5,7-9H2,1H3,(H,17,18)/t12-/m1/s1. The molecule has 0 bridgehead atoms. The zero-order valence-corrected chi connectivity index (χ0v) is 14.7. The summed E-state index contributed by atoms with van der Waals surface area (Å²) in [6, 6.07) is 4.55. The maximum absolute atomic E-state index is 11.6. The number of carbonyl (C=O) groups is 2. The Bertz CT molecular complexity index is 733. The lowest BCUT2D eigenvalue weighted by atomic mass is 10.2. The number of hydrogen-bond acceptors (Lipinski definition) is 6. The third-order valence-electron chi connectivity index (χ3n) is 3.44. The van der Waals surface area contributed by atoms with Gasteiger partial charge in [-0.05, 0) is 37.1 Å². The van der Waals surface area contributed by atoms with Crippen LogP contribution in [-0.4, -0.2) is 51.1 Å². The van der Waals surface area contributed by atoms with Crippen LogP contribution in [0.1, 0.15) is 12.0 Å². The van der Waals surface area contributed by atoms with Crippen LogP contribution in [0.25, 0.3) is 0 Å². The molecule has 0 spiro atoms. The largest absolute Gasteiger partial charge is 0.482 e. The van der Waals surface area contributed by atoms with Crippen LogP contribution in [0, 0.1) is 6.92 Å². The molecule has 1 aliphatic rings. The van der Waals surface area contributed by atoms with E-state index in [4.69, 9.17) is 21.1 Å². The molecular formula is C15H18ClNO6S. The van der Waals surface area contributed by atoms with Gasteiger partial charge >= 0.3 is 5.97 Å². The third kappa shape index (κ3) is 5.68. The number of sulfone groups is 1. The molecular weight excluding hydrogens is 358 g/mol. The summed E-state index contributed by atoms with van der Waals surface area (Å²) >= 11 is 5.82. The minimum Gasteiger partial charge on any atom is -0.482 e. The van der Waals surface area contributed by atoms with Gasteiger partial charge in [0.05, 0.1) is 11.5 Å². The van der Waals surface area contributed by atoms with E-state index in [0.29, 0.717) is 17.2 Å². The van der Waals surface area contributed by atoms with E-state index in [-0.39, 0.29) is 18.1 Å². The van der Waals surface area contributed by atoms with Crippen LogP contribution in [-0.2, 0) is 24.2 Å². The van der Waals surface area contributed by atoms with Gasteiger partial charge in [-0.25, -0.2) is 13.2 Å². The van der Waals surface area contributed by atoms with Crippen LogP contribution in [0.15, 0.2) is 18.2 Å². The number of ether oxygens (including phenoxy) is 2. The van der Waals surface area contributed by atoms with Crippen molar-refractivity contribution >= 4 is 33.3 Å². The van der Waals surface area contributed by atoms with E-state index in [1.807, 2.05) is 0 Å². The smallest absolute Gasteiger partial charge is 0.344 e. The molecule has 1 aromatic carbocycles. The molecule has 9 heteroatoms. The quantitative estimate of drug-likeness (QED) is 0.741. The number of benzene rings is 1.